The second kappa shape index (κ2) is 11.1. The fraction of sp³-hybridized carbons (Fsp3) is 0.562. The molecule has 0 unspecified atom stereocenters. The highest BCUT2D eigenvalue weighted by Gasteiger charge is 2.09. The molecule has 7 heteroatoms. The fourth-order valence-electron chi connectivity index (χ4n) is 2.37. The van der Waals surface area contributed by atoms with Crippen LogP contribution in [0.15, 0.2) is 24.3 Å². The summed E-state index contributed by atoms with van der Waals surface area (Å²) >= 11 is 0. The van der Waals surface area contributed by atoms with Crippen LogP contribution in [-0.2, 0) is 4.79 Å². The third kappa shape index (κ3) is 7.07. The maximum Gasteiger partial charge on any atom is 0.223 e. The third-order valence-corrected chi connectivity index (χ3v) is 3.62. The molecule has 130 valence electrons. The molecule has 1 aliphatic rings. The topological polar surface area (TPSA) is 62.8 Å². The van der Waals surface area contributed by atoms with Gasteiger partial charge in [0.1, 0.15) is 0 Å². The first-order chi connectivity index (χ1) is 10.8. The van der Waals surface area contributed by atoms with E-state index in [4.69, 9.17) is 9.47 Å². The van der Waals surface area contributed by atoms with E-state index in [1.165, 1.54) is 0 Å². The highest BCUT2D eigenvalue weighted by Crippen LogP contribution is 2.25. The Morgan fingerprint density at radius 1 is 1.26 bits per heavy atom. The lowest BCUT2D eigenvalue weighted by Gasteiger charge is -2.27. The summed E-state index contributed by atoms with van der Waals surface area (Å²) in [6.07, 6.45) is 0.347. The fourth-order valence-corrected chi connectivity index (χ4v) is 2.37. The maximum absolute atomic E-state index is 11.8. The molecule has 1 aliphatic heterocycles. The van der Waals surface area contributed by atoms with Crippen molar-refractivity contribution in [3.05, 3.63) is 24.3 Å². The highest BCUT2D eigenvalue weighted by atomic mass is 35.5. The van der Waals surface area contributed by atoms with Gasteiger partial charge in [-0.25, -0.2) is 0 Å². The smallest absolute Gasteiger partial charge is 0.223 e. The summed E-state index contributed by atoms with van der Waals surface area (Å²) < 4.78 is 10.8. The third-order valence-electron chi connectivity index (χ3n) is 3.62. The minimum Gasteiger partial charge on any atom is -0.493 e. The van der Waals surface area contributed by atoms with Crippen molar-refractivity contribution in [2.45, 2.75) is 6.42 Å². The van der Waals surface area contributed by atoms with Crippen LogP contribution in [-0.4, -0.2) is 63.8 Å². The predicted octanol–water partition coefficient (Wildman–Crippen LogP) is 0.907. The van der Waals surface area contributed by atoms with Gasteiger partial charge in [-0.05, 0) is 12.1 Å². The molecule has 1 aromatic carbocycles. The van der Waals surface area contributed by atoms with Gasteiger partial charge in [0.05, 0.1) is 20.1 Å². The first-order valence-electron chi connectivity index (χ1n) is 7.75. The average Bonchev–Trinajstić information content (AvgIpc) is 2.56. The van der Waals surface area contributed by atoms with Gasteiger partial charge < -0.3 is 20.1 Å². The van der Waals surface area contributed by atoms with E-state index in [1.54, 1.807) is 7.11 Å². The number of amides is 1. The number of rotatable bonds is 8. The highest BCUT2D eigenvalue weighted by molar-refractivity contribution is 5.85. The number of benzene rings is 1. The number of hydrogen-bond acceptors (Lipinski definition) is 5. The molecule has 1 heterocycles. The van der Waals surface area contributed by atoms with Crippen LogP contribution in [0.5, 0.6) is 11.5 Å². The molecule has 1 aromatic rings. The first kappa shape index (κ1) is 19.5. The molecule has 0 spiro atoms. The van der Waals surface area contributed by atoms with Gasteiger partial charge in [0.2, 0.25) is 5.91 Å². The summed E-state index contributed by atoms with van der Waals surface area (Å²) in [7, 11) is 1.60. The van der Waals surface area contributed by atoms with Crippen LogP contribution >= 0.6 is 12.4 Å². The molecule has 0 atom stereocenters. The second-order valence-corrected chi connectivity index (χ2v) is 5.19. The molecule has 0 aromatic heterocycles. The van der Waals surface area contributed by atoms with E-state index in [0.717, 1.165) is 32.7 Å². The number of halogens is 1. The van der Waals surface area contributed by atoms with E-state index in [1.807, 2.05) is 24.3 Å². The summed E-state index contributed by atoms with van der Waals surface area (Å²) in [5, 5.41) is 6.24. The van der Waals surface area contributed by atoms with E-state index >= 15 is 0 Å². The molecule has 23 heavy (non-hydrogen) atoms. The molecular formula is C16H26ClN3O3. The van der Waals surface area contributed by atoms with Crippen LogP contribution in [0, 0.1) is 0 Å². The van der Waals surface area contributed by atoms with E-state index < -0.39 is 0 Å². The van der Waals surface area contributed by atoms with Crippen molar-refractivity contribution in [2.24, 2.45) is 0 Å². The minimum absolute atomic E-state index is 0. The zero-order valence-corrected chi connectivity index (χ0v) is 14.4. The molecule has 0 bridgehead atoms. The van der Waals surface area contributed by atoms with E-state index in [9.17, 15) is 4.79 Å². The summed E-state index contributed by atoms with van der Waals surface area (Å²) in [4.78, 5) is 14.1. The number of para-hydroxylation sites is 2. The SMILES string of the molecule is COc1ccccc1OCCC(=O)NCCN1CCNCC1.Cl. The van der Waals surface area contributed by atoms with Crippen molar-refractivity contribution in [3.8, 4) is 11.5 Å². The number of hydrogen-bond donors (Lipinski definition) is 2. The number of carbonyl (C=O) groups is 1. The molecular weight excluding hydrogens is 318 g/mol. The van der Waals surface area contributed by atoms with Gasteiger partial charge in [-0.1, -0.05) is 12.1 Å². The predicted molar refractivity (Wildman–Crippen MR) is 92.7 cm³/mol. The molecule has 0 saturated carbocycles. The lowest BCUT2D eigenvalue weighted by atomic mass is 10.3. The zero-order chi connectivity index (χ0) is 15.6. The largest absolute Gasteiger partial charge is 0.493 e. The molecule has 6 nitrogen and oxygen atoms in total. The number of piperazine rings is 1. The van der Waals surface area contributed by atoms with Gasteiger partial charge in [0.25, 0.3) is 0 Å². The van der Waals surface area contributed by atoms with Gasteiger partial charge in [0.15, 0.2) is 11.5 Å². The quantitative estimate of drug-likeness (QED) is 0.734. The first-order valence-corrected chi connectivity index (χ1v) is 7.75. The Morgan fingerprint density at radius 2 is 1.96 bits per heavy atom. The van der Waals surface area contributed by atoms with Crippen molar-refractivity contribution < 1.29 is 14.3 Å². The van der Waals surface area contributed by atoms with Crippen molar-refractivity contribution in [1.29, 1.82) is 0 Å². The number of nitrogens with one attached hydrogen (secondary N) is 2. The van der Waals surface area contributed by atoms with E-state index in [0.29, 0.717) is 31.1 Å². The summed E-state index contributed by atoms with van der Waals surface area (Å²) in [6, 6.07) is 7.43. The van der Waals surface area contributed by atoms with Crippen LogP contribution in [0.4, 0.5) is 0 Å². The van der Waals surface area contributed by atoms with Gasteiger partial charge in [-0.3, -0.25) is 9.69 Å². The van der Waals surface area contributed by atoms with Gasteiger partial charge >= 0.3 is 0 Å². The Hall–Kier alpha value is -1.50. The number of ether oxygens (including phenoxy) is 2. The molecule has 0 aliphatic carbocycles. The van der Waals surface area contributed by atoms with Gasteiger partial charge in [-0.15, -0.1) is 12.4 Å². The molecule has 2 N–H and O–H groups in total. The van der Waals surface area contributed by atoms with Crippen LogP contribution in [0.25, 0.3) is 0 Å². The zero-order valence-electron chi connectivity index (χ0n) is 13.5. The summed E-state index contributed by atoms with van der Waals surface area (Å²) in [6.45, 7) is 6.09. The van der Waals surface area contributed by atoms with Crippen molar-refractivity contribution in [3.63, 3.8) is 0 Å². The standard InChI is InChI=1S/C16H25N3O3.ClH/c1-21-14-4-2-3-5-15(14)22-13-6-16(20)18-9-12-19-10-7-17-8-11-19;/h2-5,17H,6-13H2,1H3,(H,18,20);1H. The summed E-state index contributed by atoms with van der Waals surface area (Å²) in [5.41, 5.74) is 0. The minimum atomic E-state index is 0. The van der Waals surface area contributed by atoms with Crippen LogP contribution in [0.1, 0.15) is 6.42 Å². The molecule has 1 fully saturated rings. The second-order valence-electron chi connectivity index (χ2n) is 5.19. The molecule has 1 saturated heterocycles. The Morgan fingerprint density at radius 3 is 2.65 bits per heavy atom. The van der Waals surface area contributed by atoms with Crippen molar-refractivity contribution in [1.82, 2.24) is 15.5 Å². The molecule has 1 amide bonds. The number of methoxy groups -OCH3 is 1. The Kier molecular flexibility index (Phi) is 9.43. The summed E-state index contributed by atoms with van der Waals surface area (Å²) in [5.74, 6) is 1.37. The molecule has 2 rings (SSSR count). The Bertz CT molecular complexity index is 468. The lowest BCUT2D eigenvalue weighted by Crippen LogP contribution is -2.46. The van der Waals surface area contributed by atoms with Crippen molar-refractivity contribution in [2.75, 3.05) is 53.0 Å². The average molecular weight is 344 g/mol. The van der Waals surface area contributed by atoms with Crippen LogP contribution in [0.3, 0.4) is 0 Å². The monoisotopic (exact) mass is 343 g/mol. The van der Waals surface area contributed by atoms with Crippen LogP contribution < -0.4 is 20.1 Å². The lowest BCUT2D eigenvalue weighted by molar-refractivity contribution is -0.121. The van der Waals surface area contributed by atoms with Gasteiger partial charge in [0, 0.05) is 39.3 Å². The Labute approximate surface area is 143 Å². The molecule has 0 radical (unpaired) electrons. The van der Waals surface area contributed by atoms with Gasteiger partial charge in [-0.2, -0.15) is 0 Å². The van der Waals surface area contributed by atoms with E-state index in [-0.39, 0.29) is 18.3 Å². The van der Waals surface area contributed by atoms with E-state index in [2.05, 4.69) is 15.5 Å². The maximum atomic E-state index is 11.8. The van der Waals surface area contributed by atoms with Crippen LogP contribution in [0.2, 0.25) is 0 Å². The number of nitrogens with zero attached hydrogens (tertiary/aromatic N) is 1. The Balaban J connectivity index is 0.00000264. The number of carbonyl (C=O) groups excluding carboxylic acids is 1. The normalized spacial score (nSPS) is 14.7. The van der Waals surface area contributed by atoms with Crippen molar-refractivity contribution >= 4 is 18.3 Å².